The number of aliphatic hydroxyl groups is 4. The zero-order valence-electron chi connectivity index (χ0n) is 21.5. The number of para-hydroxylation sites is 1. The quantitative estimate of drug-likeness (QED) is 0.207. The minimum Gasteiger partial charge on any atom is -0.471 e. The highest BCUT2D eigenvalue weighted by Crippen LogP contribution is 2.51. The lowest BCUT2D eigenvalue weighted by atomic mass is 9.70. The van der Waals surface area contributed by atoms with Crippen LogP contribution in [-0.4, -0.2) is 95.1 Å². The van der Waals surface area contributed by atoms with E-state index in [9.17, 15) is 34.8 Å². The van der Waals surface area contributed by atoms with E-state index in [1.807, 2.05) is 0 Å². The second-order valence-corrected chi connectivity index (χ2v) is 10.2. The van der Waals surface area contributed by atoms with Gasteiger partial charge in [-0.3, -0.25) is 9.59 Å². The Labute approximate surface area is 228 Å². The Morgan fingerprint density at radius 2 is 1.93 bits per heavy atom. The van der Waals surface area contributed by atoms with Crippen molar-refractivity contribution >= 4 is 23.5 Å². The highest BCUT2D eigenvalue weighted by atomic mass is 16.8. The predicted octanol–water partition coefficient (Wildman–Crippen LogP) is -0.770. The first kappa shape index (κ1) is 28.2. The van der Waals surface area contributed by atoms with Crippen LogP contribution in [0.3, 0.4) is 0 Å². The van der Waals surface area contributed by atoms with Crippen LogP contribution < -0.4 is 5.32 Å². The molecule has 4 aliphatic rings. The number of hydrogen-bond acceptors (Lipinski definition) is 12. The molecule has 216 valence electrons. The molecule has 1 spiro atoms. The summed E-state index contributed by atoms with van der Waals surface area (Å²) >= 11 is 0. The van der Waals surface area contributed by atoms with E-state index in [-0.39, 0.29) is 18.4 Å². The molecule has 0 bridgehead atoms. The number of fused-ring (bicyclic) bond motifs is 2. The Morgan fingerprint density at radius 3 is 2.62 bits per heavy atom. The fraction of sp³-hybridized carbons (Fsp3) is 0.519. The van der Waals surface area contributed by atoms with Crippen LogP contribution in [-0.2, 0) is 43.5 Å². The molecule has 5 rings (SSSR count). The molecule has 0 aromatic heterocycles. The first-order valence-electron chi connectivity index (χ1n) is 12.8. The summed E-state index contributed by atoms with van der Waals surface area (Å²) in [5.41, 5.74) is -0.0794. The standard InChI is InChI=1S/C27H31NO12/c1-3-12-13(8-18-27(9-19(30)39-18)15-6-4-5-7-16(15)28-26(27)35)14(23(34)36-2)11-37-24(12)40-25-22(33)21(32)20(31)17(10-29)38-25/h3-7,11-13,17-18,20-22,24-25,29,31-33H,1,8-10H2,2H3,(H,28,35)/t12-,13+,17-,18-,20-,21+,22-,24+,25+,27+/m1/s1. The van der Waals surface area contributed by atoms with E-state index < -0.39 is 84.8 Å². The van der Waals surface area contributed by atoms with Gasteiger partial charge in [-0.25, -0.2) is 4.79 Å². The van der Waals surface area contributed by atoms with E-state index in [1.54, 1.807) is 24.3 Å². The fourth-order valence-corrected chi connectivity index (χ4v) is 5.98. The average Bonchev–Trinajstić information content (AvgIpc) is 3.43. The molecule has 4 aliphatic heterocycles. The van der Waals surface area contributed by atoms with Crippen LogP contribution in [0.1, 0.15) is 18.4 Å². The van der Waals surface area contributed by atoms with E-state index in [0.717, 1.165) is 6.26 Å². The Bertz CT molecular complexity index is 1220. The number of esters is 2. The normalized spacial score (nSPS) is 38.6. The summed E-state index contributed by atoms with van der Waals surface area (Å²) in [6, 6.07) is 6.99. The zero-order chi connectivity index (χ0) is 28.8. The maximum Gasteiger partial charge on any atom is 0.337 e. The van der Waals surface area contributed by atoms with Crippen molar-refractivity contribution in [2.24, 2.45) is 11.8 Å². The molecule has 2 fully saturated rings. The average molecular weight is 562 g/mol. The van der Waals surface area contributed by atoms with Gasteiger partial charge in [0.25, 0.3) is 0 Å². The summed E-state index contributed by atoms with van der Waals surface area (Å²) in [5, 5.41) is 43.0. The molecule has 40 heavy (non-hydrogen) atoms. The van der Waals surface area contributed by atoms with Gasteiger partial charge in [-0.15, -0.1) is 6.58 Å². The maximum atomic E-state index is 13.3. The van der Waals surface area contributed by atoms with E-state index in [4.69, 9.17) is 23.7 Å². The van der Waals surface area contributed by atoms with Gasteiger partial charge in [0.2, 0.25) is 12.2 Å². The number of cyclic esters (lactones) is 1. The minimum atomic E-state index is -1.70. The van der Waals surface area contributed by atoms with Crippen LogP contribution in [0.5, 0.6) is 0 Å². The van der Waals surface area contributed by atoms with Crippen LogP contribution in [0.4, 0.5) is 5.69 Å². The number of carbonyl (C=O) groups excluding carboxylic acids is 3. The second-order valence-electron chi connectivity index (χ2n) is 10.2. The molecule has 5 N–H and O–H groups in total. The van der Waals surface area contributed by atoms with Crippen LogP contribution >= 0.6 is 0 Å². The van der Waals surface area contributed by atoms with E-state index in [2.05, 4.69) is 11.9 Å². The van der Waals surface area contributed by atoms with Crippen molar-refractivity contribution < 1.29 is 58.5 Å². The summed E-state index contributed by atoms with van der Waals surface area (Å²) in [4.78, 5) is 38.7. The lowest BCUT2D eigenvalue weighted by Crippen LogP contribution is -2.60. The van der Waals surface area contributed by atoms with Crippen LogP contribution in [0.15, 0.2) is 48.8 Å². The lowest BCUT2D eigenvalue weighted by Gasteiger charge is -2.43. The third-order valence-electron chi connectivity index (χ3n) is 8.09. The van der Waals surface area contributed by atoms with Gasteiger partial charge >= 0.3 is 11.9 Å². The number of rotatable bonds is 7. The van der Waals surface area contributed by atoms with E-state index in [0.29, 0.717) is 11.3 Å². The fourth-order valence-electron chi connectivity index (χ4n) is 5.98. The van der Waals surface area contributed by atoms with Crippen LogP contribution in [0, 0.1) is 11.8 Å². The third kappa shape index (κ3) is 4.48. The molecule has 1 aromatic carbocycles. The molecule has 4 heterocycles. The Morgan fingerprint density at radius 1 is 1.18 bits per heavy atom. The van der Waals surface area contributed by atoms with Crippen LogP contribution in [0.25, 0.3) is 0 Å². The van der Waals surface area contributed by atoms with Crippen molar-refractivity contribution in [3.8, 4) is 0 Å². The van der Waals surface area contributed by atoms with Gasteiger partial charge < -0.3 is 49.4 Å². The Balaban J connectivity index is 1.46. The molecule has 0 aliphatic carbocycles. The largest absolute Gasteiger partial charge is 0.471 e. The van der Waals surface area contributed by atoms with Gasteiger partial charge in [0.15, 0.2) is 6.29 Å². The van der Waals surface area contributed by atoms with Crippen LogP contribution in [0.2, 0.25) is 0 Å². The molecule has 2 saturated heterocycles. The molecular formula is C27H31NO12. The van der Waals surface area contributed by atoms with Crippen molar-refractivity contribution in [1.82, 2.24) is 0 Å². The number of ether oxygens (including phenoxy) is 5. The van der Waals surface area contributed by atoms with Gasteiger partial charge in [0.1, 0.15) is 35.9 Å². The Hall–Kier alpha value is -3.33. The number of aliphatic hydroxyl groups excluding tert-OH is 4. The highest BCUT2D eigenvalue weighted by molar-refractivity contribution is 6.09. The molecule has 1 amide bonds. The molecule has 13 nitrogen and oxygen atoms in total. The summed E-state index contributed by atoms with van der Waals surface area (Å²) in [6.07, 6.45) is -7.58. The molecule has 1 aromatic rings. The number of carbonyl (C=O) groups is 3. The lowest BCUT2D eigenvalue weighted by molar-refractivity contribution is -0.339. The molecule has 13 heteroatoms. The number of methoxy groups -OCH3 is 1. The zero-order valence-corrected chi connectivity index (χ0v) is 21.5. The highest BCUT2D eigenvalue weighted by Gasteiger charge is 2.61. The van der Waals surface area contributed by atoms with Gasteiger partial charge in [-0.2, -0.15) is 0 Å². The minimum absolute atomic E-state index is 0.0248. The second kappa shape index (κ2) is 10.9. The summed E-state index contributed by atoms with van der Waals surface area (Å²) in [5.74, 6) is -3.33. The van der Waals surface area contributed by atoms with Gasteiger partial charge in [0, 0.05) is 17.5 Å². The first-order valence-corrected chi connectivity index (χ1v) is 12.8. The summed E-state index contributed by atoms with van der Waals surface area (Å²) in [6.45, 7) is 3.19. The van der Waals surface area contributed by atoms with E-state index in [1.165, 1.54) is 13.2 Å². The maximum absolute atomic E-state index is 13.3. The third-order valence-corrected chi connectivity index (χ3v) is 8.09. The molecule has 0 saturated carbocycles. The molecule has 0 radical (unpaired) electrons. The van der Waals surface area contributed by atoms with E-state index >= 15 is 0 Å². The SMILES string of the molecule is C=C[C@H]1[C@H](O[C@@H]2O[C@H](CO)[C@@H](O)[C@H](O)[C@H]2O)OC=C(C(=O)OC)[C@H]1C[C@H]1OC(=O)C[C@@]12C(=O)Nc1ccccc12. The van der Waals surface area contributed by atoms with Crippen molar-refractivity contribution in [3.05, 3.63) is 54.3 Å². The molecule has 10 atom stereocenters. The number of benzene rings is 1. The van der Waals surface area contributed by atoms with Crippen molar-refractivity contribution in [2.75, 3.05) is 19.0 Å². The molecule has 0 unspecified atom stereocenters. The predicted molar refractivity (Wildman–Crippen MR) is 133 cm³/mol. The number of amides is 1. The van der Waals surface area contributed by atoms with Crippen molar-refractivity contribution in [1.29, 1.82) is 0 Å². The molecular weight excluding hydrogens is 530 g/mol. The van der Waals surface area contributed by atoms with Crippen molar-refractivity contribution in [2.45, 2.75) is 61.4 Å². The summed E-state index contributed by atoms with van der Waals surface area (Å²) < 4.78 is 27.6. The Kier molecular flexibility index (Phi) is 7.70. The summed E-state index contributed by atoms with van der Waals surface area (Å²) in [7, 11) is 1.19. The van der Waals surface area contributed by atoms with Gasteiger partial charge in [-0.05, 0) is 18.1 Å². The topological polar surface area (TPSA) is 190 Å². The van der Waals surface area contributed by atoms with Gasteiger partial charge in [0.05, 0.1) is 32.0 Å². The monoisotopic (exact) mass is 561 g/mol. The first-order chi connectivity index (χ1) is 19.2. The van der Waals surface area contributed by atoms with Gasteiger partial charge in [-0.1, -0.05) is 24.3 Å². The van der Waals surface area contributed by atoms with Crippen molar-refractivity contribution in [3.63, 3.8) is 0 Å². The number of hydrogen-bond donors (Lipinski definition) is 5. The number of nitrogens with one attached hydrogen (secondary N) is 1. The number of anilines is 1. The smallest absolute Gasteiger partial charge is 0.337 e.